The Labute approximate surface area is 128 Å². The summed E-state index contributed by atoms with van der Waals surface area (Å²) in [6.45, 7) is 5.87. The quantitative estimate of drug-likeness (QED) is 0.469. The Kier molecular flexibility index (Phi) is 9.43. The predicted octanol–water partition coefficient (Wildman–Crippen LogP) is 4.17. The predicted molar refractivity (Wildman–Crippen MR) is 84.5 cm³/mol. The molecule has 0 bridgehead atoms. The van der Waals surface area contributed by atoms with Gasteiger partial charge in [0.15, 0.2) is 0 Å². The van der Waals surface area contributed by atoms with E-state index in [1.807, 2.05) is 20.8 Å². The number of hydrogen-bond donors (Lipinski definition) is 3. The van der Waals surface area contributed by atoms with Crippen LogP contribution in [0.3, 0.4) is 0 Å². The van der Waals surface area contributed by atoms with Crippen molar-refractivity contribution in [2.24, 2.45) is 5.41 Å². The molecule has 0 aliphatic rings. The molecule has 0 amide bonds. The van der Waals surface area contributed by atoms with E-state index in [4.69, 9.17) is 0 Å². The Morgan fingerprint density at radius 2 is 1.43 bits per heavy atom. The molecule has 0 aromatic rings. The monoisotopic (exact) mass is 322 g/mol. The fourth-order valence-electron chi connectivity index (χ4n) is 2.96. The van der Waals surface area contributed by atoms with Crippen molar-refractivity contribution < 1.29 is 24.3 Å². The van der Waals surface area contributed by atoms with Crippen molar-refractivity contribution in [3.63, 3.8) is 0 Å². The largest absolute Gasteiger partial charge is 0.481 e. The molecule has 0 fully saturated rings. The average Bonchev–Trinajstić information content (AvgIpc) is 2.39. The molecular formula is C15H31O5P. The van der Waals surface area contributed by atoms with E-state index < -0.39 is 24.6 Å². The smallest absolute Gasteiger partial charge is 0.329 e. The molecule has 1 atom stereocenters. The Balaban J connectivity index is 5.61. The standard InChI is InChI=1S/C15H31O5P/c1-4-7-10-13(21(18,19)20)15(14(16)17,11-8-5-2)12-9-6-3/h13H,4-12H2,1-3H3,(H,16,17)(H2,18,19,20). The van der Waals surface area contributed by atoms with Crippen molar-refractivity contribution in [2.45, 2.75) is 84.2 Å². The molecule has 0 spiro atoms. The van der Waals surface area contributed by atoms with Crippen LogP contribution in [0.4, 0.5) is 0 Å². The Morgan fingerprint density at radius 3 is 1.71 bits per heavy atom. The maximum absolute atomic E-state index is 11.9. The number of carbonyl (C=O) groups is 1. The van der Waals surface area contributed by atoms with E-state index in [0.717, 1.165) is 19.3 Å². The zero-order valence-corrected chi connectivity index (χ0v) is 14.4. The topological polar surface area (TPSA) is 94.8 Å². The van der Waals surface area contributed by atoms with Gasteiger partial charge in [-0.25, -0.2) is 0 Å². The molecule has 0 saturated heterocycles. The Bertz CT molecular complexity index is 342. The summed E-state index contributed by atoms with van der Waals surface area (Å²) >= 11 is 0. The van der Waals surface area contributed by atoms with E-state index in [-0.39, 0.29) is 6.42 Å². The summed E-state index contributed by atoms with van der Waals surface area (Å²) in [6, 6.07) is 0. The minimum absolute atomic E-state index is 0.278. The summed E-state index contributed by atoms with van der Waals surface area (Å²) in [6.07, 6.45) is 5.41. The van der Waals surface area contributed by atoms with Crippen LogP contribution in [0.15, 0.2) is 0 Å². The number of carboxylic acid groups (broad SMARTS) is 1. The van der Waals surface area contributed by atoms with Gasteiger partial charge in [0.1, 0.15) is 0 Å². The molecule has 0 heterocycles. The third-order valence-corrected chi connectivity index (χ3v) is 5.82. The molecule has 0 aromatic heterocycles. The van der Waals surface area contributed by atoms with E-state index in [9.17, 15) is 24.3 Å². The summed E-state index contributed by atoms with van der Waals surface area (Å²) in [5, 5.41) is 9.77. The highest BCUT2D eigenvalue weighted by Gasteiger charge is 2.51. The van der Waals surface area contributed by atoms with Gasteiger partial charge in [0.05, 0.1) is 11.1 Å². The molecule has 21 heavy (non-hydrogen) atoms. The lowest BCUT2D eigenvalue weighted by Crippen LogP contribution is -2.42. The van der Waals surface area contributed by atoms with Crippen LogP contribution in [0, 0.1) is 5.41 Å². The van der Waals surface area contributed by atoms with Crippen molar-refractivity contribution in [3.05, 3.63) is 0 Å². The maximum atomic E-state index is 11.9. The number of unbranched alkanes of at least 4 members (excludes halogenated alkanes) is 3. The first-order valence-corrected chi connectivity index (χ1v) is 9.73. The maximum Gasteiger partial charge on any atom is 0.329 e. The van der Waals surface area contributed by atoms with Crippen LogP contribution in [0.5, 0.6) is 0 Å². The molecule has 0 aliphatic heterocycles. The molecule has 0 aliphatic carbocycles. The summed E-state index contributed by atoms with van der Waals surface area (Å²) < 4.78 is 11.9. The van der Waals surface area contributed by atoms with Crippen molar-refractivity contribution in [3.8, 4) is 0 Å². The van der Waals surface area contributed by atoms with E-state index in [1.165, 1.54) is 0 Å². The molecule has 126 valence electrons. The van der Waals surface area contributed by atoms with Crippen LogP contribution in [-0.4, -0.2) is 26.5 Å². The molecular weight excluding hydrogens is 291 g/mol. The van der Waals surface area contributed by atoms with Crippen molar-refractivity contribution in [1.82, 2.24) is 0 Å². The molecule has 0 saturated carbocycles. The van der Waals surface area contributed by atoms with E-state index in [1.54, 1.807) is 0 Å². The van der Waals surface area contributed by atoms with Crippen LogP contribution < -0.4 is 0 Å². The highest BCUT2D eigenvalue weighted by Crippen LogP contribution is 2.56. The third kappa shape index (κ3) is 6.09. The lowest BCUT2D eigenvalue weighted by atomic mass is 9.74. The minimum atomic E-state index is -4.44. The lowest BCUT2D eigenvalue weighted by molar-refractivity contribution is -0.150. The first kappa shape index (κ1) is 20.6. The summed E-state index contributed by atoms with van der Waals surface area (Å²) in [5.74, 6) is -1.05. The average molecular weight is 322 g/mol. The molecule has 3 N–H and O–H groups in total. The second kappa shape index (κ2) is 9.60. The summed E-state index contributed by atoms with van der Waals surface area (Å²) in [5.41, 5.74) is -2.36. The van der Waals surface area contributed by atoms with Crippen molar-refractivity contribution in [2.75, 3.05) is 0 Å². The summed E-state index contributed by atoms with van der Waals surface area (Å²) in [7, 11) is -4.44. The third-order valence-electron chi connectivity index (χ3n) is 4.25. The van der Waals surface area contributed by atoms with Crippen LogP contribution >= 0.6 is 7.60 Å². The number of carboxylic acids is 1. The van der Waals surface area contributed by atoms with Gasteiger partial charge in [-0.15, -0.1) is 0 Å². The highest BCUT2D eigenvalue weighted by atomic mass is 31.2. The van der Waals surface area contributed by atoms with Crippen LogP contribution in [0.1, 0.15) is 78.6 Å². The fraction of sp³-hybridized carbons (Fsp3) is 0.933. The molecule has 6 heteroatoms. The fourth-order valence-corrected chi connectivity index (χ4v) is 4.49. The molecule has 1 unspecified atom stereocenters. The zero-order valence-electron chi connectivity index (χ0n) is 13.5. The Morgan fingerprint density at radius 1 is 1.00 bits per heavy atom. The molecule has 0 aromatic carbocycles. The van der Waals surface area contributed by atoms with Gasteiger partial charge in [0, 0.05) is 0 Å². The molecule has 5 nitrogen and oxygen atoms in total. The number of hydrogen-bond acceptors (Lipinski definition) is 2. The minimum Gasteiger partial charge on any atom is -0.481 e. The second-order valence-electron chi connectivity index (χ2n) is 5.92. The van der Waals surface area contributed by atoms with E-state index in [0.29, 0.717) is 32.1 Å². The van der Waals surface area contributed by atoms with Gasteiger partial charge in [-0.3, -0.25) is 9.36 Å². The van der Waals surface area contributed by atoms with Gasteiger partial charge >= 0.3 is 13.6 Å². The van der Waals surface area contributed by atoms with Crippen molar-refractivity contribution in [1.29, 1.82) is 0 Å². The SMILES string of the molecule is CCCCC(C(CCCC)(CCCC)C(=O)O)P(=O)(O)O. The van der Waals surface area contributed by atoms with E-state index in [2.05, 4.69) is 0 Å². The number of rotatable bonds is 12. The summed E-state index contributed by atoms with van der Waals surface area (Å²) in [4.78, 5) is 31.4. The first-order chi connectivity index (χ1) is 9.76. The van der Waals surface area contributed by atoms with Gasteiger partial charge in [0.25, 0.3) is 0 Å². The van der Waals surface area contributed by atoms with Gasteiger partial charge < -0.3 is 14.9 Å². The lowest BCUT2D eigenvalue weighted by Gasteiger charge is -2.38. The first-order valence-electron chi connectivity index (χ1n) is 8.04. The van der Waals surface area contributed by atoms with E-state index >= 15 is 0 Å². The van der Waals surface area contributed by atoms with Crippen LogP contribution in [-0.2, 0) is 9.36 Å². The van der Waals surface area contributed by atoms with Gasteiger partial charge in [0.2, 0.25) is 0 Å². The van der Waals surface area contributed by atoms with Crippen molar-refractivity contribution >= 4 is 13.6 Å². The highest BCUT2D eigenvalue weighted by molar-refractivity contribution is 7.52. The molecule has 0 radical (unpaired) electrons. The normalized spacial score (nSPS) is 14.1. The van der Waals surface area contributed by atoms with Gasteiger partial charge in [-0.2, -0.15) is 0 Å². The number of aliphatic carboxylic acids is 1. The van der Waals surface area contributed by atoms with Crippen LogP contribution in [0.25, 0.3) is 0 Å². The second-order valence-corrected chi connectivity index (χ2v) is 7.72. The molecule has 0 rings (SSSR count). The Hall–Kier alpha value is -0.380. The van der Waals surface area contributed by atoms with Crippen LogP contribution in [0.2, 0.25) is 0 Å². The zero-order chi connectivity index (χ0) is 16.5. The van der Waals surface area contributed by atoms with Gasteiger partial charge in [-0.05, 0) is 19.3 Å². The van der Waals surface area contributed by atoms with Gasteiger partial charge in [-0.1, -0.05) is 59.3 Å².